The summed E-state index contributed by atoms with van der Waals surface area (Å²) < 4.78 is 2.57. The van der Waals surface area contributed by atoms with Crippen molar-refractivity contribution in [3.63, 3.8) is 0 Å². The van der Waals surface area contributed by atoms with E-state index in [1.54, 1.807) is 4.68 Å². The fourth-order valence-electron chi connectivity index (χ4n) is 2.66. The van der Waals surface area contributed by atoms with Crippen molar-refractivity contribution in [1.82, 2.24) is 14.7 Å². The number of piperidine rings is 1. The summed E-state index contributed by atoms with van der Waals surface area (Å²) >= 11 is 3.48. The molecule has 0 N–H and O–H groups in total. The molecule has 1 aliphatic heterocycles. The minimum absolute atomic E-state index is 0.0466. The molecule has 1 saturated heterocycles. The van der Waals surface area contributed by atoms with Gasteiger partial charge in [-0.25, -0.2) is 0 Å². The second-order valence-electron chi connectivity index (χ2n) is 5.21. The number of hydrogen-bond donors (Lipinski definition) is 0. The lowest BCUT2D eigenvalue weighted by Gasteiger charge is -2.38. The van der Waals surface area contributed by atoms with Gasteiger partial charge in [-0.2, -0.15) is 5.10 Å². The van der Waals surface area contributed by atoms with E-state index in [-0.39, 0.29) is 5.91 Å². The van der Waals surface area contributed by atoms with E-state index in [9.17, 15) is 4.79 Å². The van der Waals surface area contributed by atoms with Gasteiger partial charge in [-0.15, -0.1) is 0 Å². The molecular weight excluding hydrogens is 294 g/mol. The van der Waals surface area contributed by atoms with Crippen molar-refractivity contribution in [2.75, 3.05) is 0 Å². The Hall–Kier alpha value is -0.840. The summed E-state index contributed by atoms with van der Waals surface area (Å²) in [7, 11) is 1.86. The predicted octanol–water partition coefficient (Wildman–Crippen LogP) is 2.89. The Morgan fingerprint density at radius 1 is 1.33 bits per heavy atom. The minimum Gasteiger partial charge on any atom is -0.332 e. The van der Waals surface area contributed by atoms with Gasteiger partial charge >= 0.3 is 0 Å². The fraction of sp³-hybridized carbons (Fsp3) is 0.692. The third kappa shape index (κ3) is 2.20. The van der Waals surface area contributed by atoms with E-state index in [2.05, 4.69) is 34.9 Å². The van der Waals surface area contributed by atoms with Gasteiger partial charge in [0.05, 0.1) is 10.2 Å². The molecule has 0 aromatic carbocycles. The highest BCUT2D eigenvalue weighted by atomic mass is 79.9. The third-order valence-electron chi connectivity index (χ3n) is 3.89. The normalized spacial score (nSPS) is 24.4. The first-order valence-electron chi connectivity index (χ1n) is 6.45. The Kier molecular flexibility index (Phi) is 3.80. The summed E-state index contributed by atoms with van der Waals surface area (Å²) in [6, 6.07) is 0.603. The molecule has 1 fully saturated rings. The maximum Gasteiger partial charge on any atom is 0.276 e. The molecule has 1 aliphatic rings. The van der Waals surface area contributed by atoms with Crippen LogP contribution in [0.5, 0.6) is 0 Å². The first-order valence-corrected chi connectivity index (χ1v) is 7.24. The number of nitrogens with zero attached hydrogens (tertiary/aromatic N) is 3. The molecule has 5 heteroatoms. The summed E-state index contributed by atoms with van der Waals surface area (Å²) in [5.41, 5.74) is 1.52. The van der Waals surface area contributed by atoms with Gasteiger partial charge in [0, 0.05) is 19.1 Å². The standard InChI is InChI=1S/C13H20BrN3O/c1-8-6-5-7-9(2)17(8)13(18)12-11(14)10(3)16(4)15-12/h8-9H,5-7H2,1-4H3. The number of amides is 1. The van der Waals surface area contributed by atoms with Crippen LogP contribution in [0.3, 0.4) is 0 Å². The van der Waals surface area contributed by atoms with Crippen molar-refractivity contribution in [2.24, 2.45) is 7.05 Å². The lowest BCUT2D eigenvalue weighted by Crippen LogP contribution is -2.47. The zero-order chi connectivity index (χ0) is 13.4. The molecule has 0 spiro atoms. The Labute approximate surface area is 116 Å². The second kappa shape index (κ2) is 5.03. The average molecular weight is 314 g/mol. The van der Waals surface area contributed by atoms with Crippen molar-refractivity contribution >= 4 is 21.8 Å². The van der Waals surface area contributed by atoms with Crippen LogP contribution in [0, 0.1) is 6.92 Å². The monoisotopic (exact) mass is 313 g/mol. The molecule has 100 valence electrons. The van der Waals surface area contributed by atoms with Gasteiger partial charge in [0.15, 0.2) is 5.69 Å². The maximum absolute atomic E-state index is 12.6. The summed E-state index contributed by atoms with van der Waals surface area (Å²) in [4.78, 5) is 14.6. The molecule has 18 heavy (non-hydrogen) atoms. The number of rotatable bonds is 1. The highest BCUT2D eigenvalue weighted by Crippen LogP contribution is 2.27. The molecule has 2 heterocycles. The number of aromatic nitrogens is 2. The fourth-order valence-corrected chi connectivity index (χ4v) is 3.17. The quantitative estimate of drug-likeness (QED) is 0.799. The van der Waals surface area contributed by atoms with Gasteiger partial charge in [0.1, 0.15) is 0 Å². The van der Waals surface area contributed by atoms with Gasteiger partial charge in [0.2, 0.25) is 0 Å². The number of carbonyl (C=O) groups is 1. The Morgan fingerprint density at radius 2 is 1.89 bits per heavy atom. The molecule has 4 nitrogen and oxygen atoms in total. The van der Waals surface area contributed by atoms with E-state index in [1.807, 2.05) is 18.9 Å². The molecule has 0 saturated carbocycles. The number of halogens is 1. The Morgan fingerprint density at radius 3 is 2.33 bits per heavy atom. The second-order valence-corrected chi connectivity index (χ2v) is 6.01. The van der Waals surface area contributed by atoms with Crippen LogP contribution in [0.25, 0.3) is 0 Å². The van der Waals surface area contributed by atoms with Crippen LogP contribution >= 0.6 is 15.9 Å². The molecule has 1 amide bonds. The van der Waals surface area contributed by atoms with E-state index in [0.29, 0.717) is 17.8 Å². The molecule has 1 aromatic rings. The number of aryl methyl sites for hydroxylation is 1. The molecule has 2 atom stereocenters. The Bertz CT molecular complexity index is 459. The smallest absolute Gasteiger partial charge is 0.276 e. The minimum atomic E-state index is 0.0466. The number of carbonyl (C=O) groups excluding carboxylic acids is 1. The van der Waals surface area contributed by atoms with E-state index >= 15 is 0 Å². The van der Waals surface area contributed by atoms with E-state index in [1.165, 1.54) is 6.42 Å². The summed E-state index contributed by atoms with van der Waals surface area (Å²) in [6.07, 6.45) is 3.37. The highest BCUT2D eigenvalue weighted by molar-refractivity contribution is 9.10. The summed E-state index contributed by atoms with van der Waals surface area (Å²) in [5, 5.41) is 4.33. The lowest BCUT2D eigenvalue weighted by molar-refractivity contribution is 0.0503. The van der Waals surface area contributed by atoms with Crippen molar-refractivity contribution in [2.45, 2.75) is 52.1 Å². The van der Waals surface area contributed by atoms with Crippen LogP contribution in [0.2, 0.25) is 0 Å². The first kappa shape index (κ1) is 13.6. The zero-order valence-electron chi connectivity index (χ0n) is 11.4. The van der Waals surface area contributed by atoms with Crippen LogP contribution in [0.1, 0.15) is 49.3 Å². The van der Waals surface area contributed by atoms with E-state index < -0.39 is 0 Å². The molecule has 0 radical (unpaired) electrons. The van der Waals surface area contributed by atoms with E-state index in [0.717, 1.165) is 23.0 Å². The lowest BCUT2D eigenvalue weighted by atomic mass is 9.97. The average Bonchev–Trinajstić information content (AvgIpc) is 2.56. The van der Waals surface area contributed by atoms with Crippen molar-refractivity contribution < 1.29 is 4.79 Å². The first-order chi connectivity index (χ1) is 8.43. The molecule has 0 aliphatic carbocycles. The number of likely N-dealkylation sites (tertiary alicyclic amines) is 1. The van der Waals surface area contributed by atoms with Gasteiger partial charge in [0.25, 0.3) is 5.91 Å². The topological polar surface area (TPSA) is 38.1 Å². The molecular formula is C13H20BrN3O. The van der Waals surface area contributed by atoms with Gasteiger partial charge in [-0.1, -0.05) is 0 Å². The van der Waals surface area contributed by atoms with Gasteiger partial charge in [-0.05, 0) is 56.0 Å². The molecule has 2 rings (SSSR count). The van der Waals surface area contributed by atoms with Gasteiger partial charge < -0.3 is 4.90 Å². The van der Waals surface area contributed by atoms with Crippen molar-refractivity contribution in [1.29, 1.82) is 0 Å². The maximum atomic E-state index is 12.6. The summed E-state index contributed by atoms with van der Waals surface area (Å²) in [5.74, 6) is 0.0466. The SMILES string of the molecule is Cc1c(Br)c(C(=O)N2C(C)CCCC2C)nn1C. The van der Waals surface area contributed by atoms with E-state index in [4.69, 9.17) is 0 Å². The number of hydrogen-bond acceptors (Lipinski definition) is 2. The summed E-state index contributed by atoms with van der Waals surface area (Å²) in [6.45, 7) is 6.20. The van der Waals surface area contributed by atoms with Crippen LogP contribution < -0.4 is 0 Å². The largest absolute Gasteiger partial charge is 0.332 e. The van der Waals surface area contributed by atoms with Gasteiger partial charge in [-0.3, -0.25) is 9.48 Å². The van der Waals surface area contributed by atoms with Crippen LogP contribution in [-0.2, 0) is 7.05 Å². The zero-order valence-corrected chi connectivity index (χ0v) is 13.0. The van der Waals surface area contributed by atoms with Crippen LogP contribution in [-0.4, -0.2) is 32.7 Å². The van der Waals surface area contributed by atoms with Crippen molar-refractivity contribution in [3.8, 4) is 0 Å². The third-order valence-corrected chi connectivity index (χ3v) is 4.84. The Balaban J connectivity index is 2.32. The van der Waals surface area contributed by atoms with Crippen molar-refractivity contribution in [3.05, 3.63) is 15.9 Å². The highest BCUT2D eigenvalue weighted by Gasteiger charge is 2.32. The predicted molar refractivity (Wildman–Crippen MR) is 74.6 cm³/mol. The molecule has 0 bridgehead atoms. The molecule has 2 unspecified atom stereocenters. The molecule has 1 aromatic heterocycles. The van der Waals surface area contributed by atoms with Crippen LogP contribution in [0.15, 0.2) is 4.47 Å². The van der Waals surface area contributed by atoms with Crippen LogP contribution in [0.4, 0.5) is 0 Å².